The van der Waals surface area contributed by atoms with Gasteiger partial charge in [0.25, 0.3) is 0 Å². The average Bonchev–Trinajstić information content (AvgIpc) is 3.22. The van der Waals surface area contributed by atoms with Crippen LogP contribution in [-0.4, -0.2) is 18.3 Å². The van der Waals surface area contributed by atoms with Gasteiger partial charge in [-0.3, -0.25) is 0 Å². The molecular formula is C35H54O2. The average molecular weight is 507 g/mol. The van der Waals surface area contributed by atoms with Crippen LogP contribution in [0.4, 0.5) is 0 Å². The molecule has 0 amide bonds. The molecule has 5 rings (SSSR count). The minimum Gasteiger partial charge on any atom is -0.497 e. The minimum absolute atomic E-state index is 0.284. The Morgan fingerprint density at radius 2 is 1.68 bits per heavy atom. The Hall–Kier alpha value is -1.28. The van der Waals surface area contributed by atoms with E-state index in [2.05, 4.69) is 52.8 Å². The maximum absolute atomic E-state index is 11.2. The molecule has 4 aliphatic rings. The van der Waals surface area contributed by atoms with Crippen molar-refractivity contribution in [2.75, 3.05) is 7.11 Å². The van der Waals surface area contributed by atoms with Crippen molar-refractivity contribution < 1.29 is 9.84 Å². The smallest absolute Gasteiger partial charge is 0.118 e. The SMILES string of the molecule is COc1ccc(/C=C2/CC3(C)C4CCC5(C)C(CCC5[C@H](C)CCCC(C)C)C4CC[C@H]3CC2O)cc1. The molecule has 2 nitrogen and oxygen atoms in total. The molecule has 4 fully saturated rings. The number of aliphatic hydroxyl groups excluding tert-OH is 1. The Kier molecular flexibility index (Phi) is 7.90. The number of aliphatic hydroxyl groups is 1. The van der Waals surface area contributed by atoms with E-state index in [1.807, 2.05) is 12.1 Å². The van der Waals surface area contributed by atoms with Crippen LogP contribution in [0.3, 0.4) is 0 Å². The Bertz CT molecular complexity index is 947. The summed E-state index contributed by atoms with van der Waals surface area (Å²) in [6.45, 7) is 12.7. The number of fused-ring (bicyclic) bond motifs is 5. The minimum atomic E-state index is -0.284. The fourth-order valence-electron chi connectivity index (χ4n) is 10.3. The topological polar surface area (TPSA) is 29.5 Å². The van der Waals surface area contributed by atoms with Gasteiger partial charge in [-0.2, -0.15) is 0 Å². The Morgan fingerprint density at radius 3 is 2.38 bits per heavy atom. The van der Waals surface area contributed by atoms with E-state index in [9.17, 15) is 5.11 Å². The van der Waals surface area contributed by atoms with E-state index in [0.717, 1.165) is 54.1 Å². The van der Waals surface area contributed by atoms with E-state index < -0.39 is 0 Å². The van der Waals surface area contributed by atoms with Gasteiger partial charge in [0.05, 0.1) is 13.2 Å². The highest BCUT2D eigenvalue weighted by Gasteiger charge is 2.60. The highest BCUT2D eigenvalue weighted by atomic mass is 16.5. The van der Waals surface area contributed by atoms with Crippen LogP contribution in [0, 0.1) is 52.3 Å². The van der Waals surface area contributed by atoms with Crippen molar-refractivity contribution in [1.29, 1.82) is 0 Å². The second-order valence-corrected chi connectivity index (χ2v) is 14.6. The molecule has 0 bridgehead atoms. The molecule has 4 saturated carbocycles. The van der Waals surface area contributed by atoms with E-state index in [1.54, 1.807) is 7.11 Å². The first kappa shape index (κ1) is 27.3. The Morgan fingerprint density at radius 1 is 0.946 bits per heavy atom. The van der Waals surface area contributed by atoms with E-state index in [1.165, 1.54) is 68.9 Å². The lowest BCUT2D eigenvalue weighted by molar-refractivity contribution is -0.117. The van der Waals surface area contributed by atoms with E-state index in [0.29, 0.717) is 16.7 Å². The Balaban J connectivity index is 1.33. The monoisotopic (exact) mass is 506 g/mol. The van der Waals surface area contributed by atoms with Crippen molar-refractivity contribution in [2.45, 2.75) is 111 Å². The maximum atomic E-state index is 11.2. The quantitative estimate of drug-likeness (QED) is 0.399. The van der Waals surface area contributed by atoms with Crippen molar-refractivity contribution in [3.8, 4) is 5.75 Å². The number of hydrogen-bond donors (Lipinski definition) is 1. The third-order valence-electron chi connectivity index (χ3n) is 12.3. The summed E-state index contributed by atoms with van der Waals surface area (Å²) in [6.07, 6.45) is 16.8. The van der Waals surface area contributed by atoms with Gasteiger partial charge in [0, 0.05) is 0 Å². The van der Waals surface area contributed by atoms with Gasteiger partial charge in [0.2, 0.25) is 0 Å². The summed E-state index contributed by atoms with van der Waals surface area (Å²) in [7, 11) is 1.72. The summed E-state index contributed by atoms with van der Waals surface area (Å²) in [5, 5.41) is 11.2. The zero-order valence-corrected chi connectivity index (χ0v) is 24.6. The largest absolute Gasteiger partial charge is 0.497 e. The van der Waals surface area contributed by atoms with Gasteiger partial charge in [-0.25, -0.2) is 0 Å². The molecule has 4 aliphatic carbocycles. The van der Waals surface area contributed by atoms with Crippen molar-refractivity contribution in [1.82, 2.24) is 0 Å². The van der Waals surface area contributed by atoms with Crippen LogP contribution in [0.15, 0.2) is 29.8 Å². The molecule has 0 saturated heterocycles. The highest BCUT2D eigenvalue weighted by Crippen LogP contribution is 2.68. The fraction of sp³-hybridized carbons (Fsp3) is 0.771. The first-order valence-electron chi connectivity index (χ1n) is 15.7. The first-order chi connectivity index (χ1) is 17.7. The number of benzene rings is 1. The molecule has 0 aliphatic heterocycles. The first-order valence-corrected chi connectivity index (χ1v) is 15.7. The molecule has 0 radical (unpaired) electrons. The van der Waals surface area contributed by atoms with Gasteiger partial charge in [-0.05, 0) is 127 Å². The molecular weight excluding hydrogens is 452 g/mol. The van der Waals surface area contributed by atoms with Gasteiger partial charge < -0.3 is 9.84 Å². The Labute approximate surface area is 227 Å². The predicted octanol–water partition coefficient (Wildman–Crippen LogP) is 9.17. The molecule has 2 heteroatoms. The zero-order valence-electron chi connectivity index (χ0n) is 24.6. The van der Waals surface area contributed by atoms with Crippen LogP contribution in [0.5, 0.6) is 5.75 Å². The molecule has 1 aromatic rings. The summed E-state index contributed by atoms with van der Waals surface area (Å²) in [5.74, 6) is 6.84. The number of rotatable bonds is 7. The third kappa shape index (κ3) is 5.06. The maximum Gasteiger partial charge on any atom is 0.118 e. The highest BCUT2D eigenvalue weighted by molar-refractivity contribution is 5.55. The second kappa shape index (κ2) is 10.7. The van der Waals surface area contributed by atoms with Crippen molar-refractivity contribution in [3.05, 3.63) is 35.4 Å². The molecule has 7 unspecified atom stereocenters. The normalized spacial score (nSPS) is 41.2. The number of hydrogen-bond acceptors (Lipinski definition) is 2. The molecule has 1 N–H and O–H groups in total. The van der Waals surface area contributed by atoms with Gasteiger partial charge in [-0.1, -0.05) is 72.1 Å². The molecule has 206 valence electrons. The molecule has 37 heavy (non-hydrogen) atoms. The van der Waals surface area contributed by atoms with Gasteiger partial charge in [0.15, 0.2) is 0 Å². The standard InChI is InChI=1S/C35H54O2/c1-23(2)8-7-9-24(3)30-16-17-31-29-15-12-27-21-33(36)26(20-25-10-13-28(37-6)14-11-25)22-35(27,5)32(29)18-19-34(30,31)4/h10-11,13-14,20,23-24,27,29-33,36H,7-9,12,15-19,21-22H2,1-6H3/b26-20-/t24-,27+,29?,30?,31?,32?,33?,34?,35?/m1/s1. The third-order valence-corrected chi connectivity index (χ3v) is 12.3. The number of methoxy groups -OCH3 is 1. The summed E-state index contributed by atoms with van der Waals surface area (Å²) >= 11 is 0. The van der Waals surface area contributed by atoms with Crippen LogP contribution < -0.4 is 4.74 Å². The van der Waals surface area contributed by atoms with Crippen LogP contribution >= 0.6 is 0 Å². The summed E-state index contributed by atoms with van der Waals surface area (Å²) in [4.78, 5) is 0. The van der Waals surface area contributed by atoms with Crippen molar-refractivity contribution in [3.63, 3.8) is 0 Å². The van der Waals surface area contributed by atoms with Gasteiger partial charge >= 0.3 is 0 Å². The molecule has 0 aromatic heterocycles. The van der Waals surface area contributed by atoms with Crippen molar-refractivity contribution in [2.24, 2.45) is 52.3 Å². The summed E-state index contributed by atoms with van der Waals surface area (Å²) in [6, 6.07) is 8.32. The lowest BCUT2D eigenvalue weighted by Gasteiger charge is -2.61. The van der Waals surface area contributed by atoms with Gasteiger partial charge in [-0.15, -0.1) is 0 Å². The van der Waals surface area contributed by atoms with Crippen LogP contribution in [0.1, 0.15) is 111 Å². The molecule has 0 heterocycles. The number of ether oxygens (including phenoxy) is 1. The molecule has 1 aromatic carbocycles. The van der Waals surface area contributed by atoms with E-state index in [-0.39, 0.29) is 6.10 Å². The summed E-state index contributed by atoms with van der Waals surface area (Å²) in [5.41, 5.74) is 3.34. The predicted molar refractivity (Wildman–Crippen MR) is 155 cm³/mol. The fourth-order valence-corrected chi connectivity index (χ4v) is 10.3. The molecule has 9 atom stereocenters. The van der Waals surface area contributed by atoms with Crippen molar-refractivity contribution >= 4 is 6.08 Å². The van der Waals surface area contributed by atoms with E-state index in [4.69, 9.17) is 4.74 Å². The lowest BCUT2D eigenvalue weighted by atomic mass is 9.44. The zero-order chi connectivity index (χ0) is 26.4. The van der Waals surface area contributed by atoms with Gasteiger partial charge in [0.1, 0.15) is 5.75 Å². The van der Waals surface area contributed by atoms with Crippen LogP contribution in [0.25, 0.3) is 6.08 Å². The molecule has 0 spiro atoms. The van der Waals surface area contributed by atoms with E-state index >= 15 is 0 Å². The van der Waals surface area contributed by atoms with Crippen LogP contribution in [0.2, 0.25) is 0 Å². The summed E-state index contributed by atoms with van der Waals surface area (Å²) < 4.78 is 5.35. The van der Waals surface area contributed by atoms with Crippen LogP contribution in [-0.2, 0) is 0 Å². The lowest BCUT2D eigenvalue weighted by Crippen LogP contribution is -2.54. The second-order valence-electron chi connectivity index (χ2n) is 14.6.